The number of methoxy groups -OCH3 is 3. The number of aromatic nitrogens is 1. The predicted molar refractivity (Wildman–Crippen MR) is 80.1 cm³/mol. The molecule has 0 amide bonds. The highest BCUT2D eigenvalue weighted by Crippen LogP contribution is 2.52. The summed E-state index contributed by atoms with van der Waals surface area (Å²) in [5.41, 5.74) is 0.203. The molecule has 0 aliphatic rings. The molecular weight excluding hydrogens is 298 g/mol. The van der Waals surface area contributed by atoms with Gasteiger partial charge >= 0.3 is 5.69 Å². The molecule has 2 rings (SSSR count). The van der Waals surface area contributed by atoms with Gasteiger partial charge in [0.25, 0.3) is 0 Å². The van der Waals surface area contributed by atoms with Gasteiger partial charge in [0.15, 0.2) is 10.9 Å². The van der Waals surface area contributed by atoms with Crippen molar-refractivity contribution in [3.8, 4) is 17.2 Å². The molecule has 9 heteroatoms. The summed E-state index contributed by atoms with van der Waals surface area (Å²) in [5, 5.41) is 15.0. The number of anilines is 1. The number of benzene rings is 1. The molecule has 114 valence electrons. The third-order valence-corrected chi connectivity index (χ3v) is 3.83. The minimum Gasteiger partial charge on any atom is -0.491 e. The van der Waals surface area contributed by atoms with E-state index in [1.165, 1.54) is 32.7 Å². The van der Waals surface area contributed by atoms with Gasteiger partial charge in [-0.3, -0.25) is 10.1 Å². The highest BCUT2D eigenvalue weighted by Gasteiger charge is 2.32. The Morgan fingerprint density at radius 3 is 2.29 bits per heavy atom. The monoisotopic (exact) mass is 313 g/mol. The fourth-order valence-electron chi connectivity index (χ4n) is 2.01. The van der Waals surface area contributed by atoms with Gasteiger partial charge in [-0.15, -0.1) is 0 Å². The summed E-state index contributed by atoms with van der Waals surface area (Å²) in [6.45, 7) is 2.57. The van der Waals surface area contributed by atoms with Crippen molar-refractivity contribution in [3.63, 3.8) is 0 Å². The van der Waals surface area contributed by atoms with Gasteiger partial charge in [0.05, 0.1) is 26.3 Å². The van der Waals surface area contributed by atoms with E-state index in [4.69, 9.17) is 14.2 Å². The number of ether oxygens (including phenoxy) is 3. The first kappa shape index (κ1) is 15.1. The Morgan fingerprint density at radius 1 is 1.19 bits per heavy atom. The second-order valence-electron chi connectivity index (χ2n) is 3.93. The zero-order chi connectivity index (χ0) is 15.6. The second-order valence-corrected chi connectivity index (χ2v) is 4.93. The standard InChI is InChI=1S/C12H15N3O5S/c1-5-13-12-14-6-8(18-2)10(20-4)9(19-3)7(15(16)17)11(6)21-12/h5H2,1-4H3,(H,13,14). The summed E-state index contributed by atoms with van der Waals surface area (Å²) < 4.78 is 16.1. The smallest absolute Gasteiger partial charge is 0.334 e. The average molecular weight is 313 g/mol. The molecule has 2 aromatic rings. The first-order chi connectivity index (χ1) is 10.1. The number of hydrogen-bond donors (Lipinski definition) is 1. The minimum absolute atomic E-state index is 0.0264. The number of rotatable bonds is 6. The van der Waals surface area contributed by atoms with Gasteiger partial charge in [-0.25, -0.2) is 4.98 Å². The molecule has 1 N–H and O–H groups in total. The zero-order valence-electron chi connectivity index (χ0n) is 12.1. The van der Waals surface area contributed by atoms with Crippen LogP contribution in [0.5, 0.6) is 17.2 Å². The van der Waals surface area contributed by atoms with Gasteiger partial charge in [-0.2, -0.15) is 0 Å². The highest BCUT2D eigenvalue weighted by atomic mass is 32.1. The number of fused-ring (bicyclic) bond motifs is 1. The number of nitrogens with one attached hydrogen (secondary N) is 1. The lowest BCUT2D eigenvalue weighted by Crippen LogP contribution is -2.00. The lowest BCUT2D eigenvalue weighted by Gasteiger charge is -2.12. The van der Waals surface area contributed by atoms with Crippen LogP contribution in [-0.4, -0.2) is 37.8 Å². The summed E-state index contributed by atoms with van der Waals surface area (Å²) in [7, 11) is 4.20. The molecule has 1 aromatic heterocycles. The summed E-state index contributed by atoms with van der Waals surface area (Å²) in [4.78, 5) is 15.3. The van der Waals surface area contributed by atoms with Crippen molar-refractivity contribution in [2.24, 2.45) is 0 Å². The van der Waals surface area contributed by atoms with Gasteiger partial charge < -0.3 is 19.5 Å². The van der Waals surface area contributed by atoms with Crippen LogP contribution in [0.4, 0.5) is 10.8 Å². The Kier molecular flexibility index (Phi) is 4.32. The van der Waals surface area contributed by atoms with Crippen LogP contribution in [-0.2, 0) is 0 Å². The highest BCUT2D eigenvalue weighted by molar-refractivity contribution is 7.22. The molecular formula is C12H15N3O5S. The van der Waals surface area contributed by atoms with Crippen LogP contribution in [0.3, 0.4) is 0 Å². The zero-order valence-corrected chi connectivity index (χ0v) is 12.9. The van der Waals surface area contributed by atoms with E-state index in [0.29, 0.717) is 27.6 Å². The summed E-state index contributed by atoms with van der Waals surface area (Å²) in [6.07, 6.45) is 0. The molecule has 0 unspecified atom stereocenters. The van der Waals surface area contributed by atoms with Crippen molar-refractivity contribution in [1.29, 1.82) is 0 Å². The van der Waals surface area contributed by atoms with Gasteiger partial charge in [0.2, 0.25) is 11.5 Å². The average Bonchev–Trinajstić information content (AvgIpc) is 2.87. The van der Waals surface area contributed by atoms with E-state index in [1.54, 1.807) is 0 Å². The molecule has 0 radical (unpaired) electrons. The maximum Gasteiger partial charge on any atom is 0.334 e. The van der Waals surface area contributed by atoms with E-state index in [-0.39, 0.29) is 17.2 Å². The molecule has 21 heavy (non-hydrogen) atoms. The van der Waals surface area contributed by atoms with Gasteiger partial charge in [-0.1, -0.05) is 11.3 Å². The first-order valence-electron chi connectivity index (χ1n) is 6.09. The first-order valence-corrected chi connectivity index (χ1v) is 6.91. The van der Waals surface area contributed by atoms with Crippen LogP contribution >= 0.6 is 11.3 Å². The van der Waals surface area contributed by atoms with Crippen LogP contribution in [0.1, 0.15) is 6.92 Å². The van der Waals surface area contributed by atoms with E-state index in [1.807, 2.05) is 6.92 Å². The van der Waals surface area contributed by atoms with Crippen molar-refractivity contribution < 1.29 is 19.1 Å². The molecule has 0 aliphatic carbocycles. The molecule has 0 bridgehead atoms. The maximum absolute atomic E-state index is 11.4. The van der Waals surface area contributed by atoms with Crippen molar-refractivity contribution in [3.05, 3.63) is 10.1 Å². The number of nitrogens with zero attached hydrogens (tertiary/aromatic N) is 2. The SMILES string of the molecule is CCNc1nc2c(OC)c(OC)c(OC)c([N+](=O)[O-])c2s1. The van der Waals surface area contributed by atoms with Crippen LogP contribution < -0.4 is 19.5 Å². The fourth-order valence-corrected chi connectivity index (χ4v) is 3.06. The van der Waals surface area contributed by atoms with Crippen LogP contribution in [0.2, 0.25) is 0 Å². The third-order valence-electron chi connectivity index (χ3n) is 2.81. The minimum atomic E-state index is -0.503. The molecule has 0 saturated carbocycles. The molecule has 0 saturated heterocycles. The van der Waals surface area contributed by atoms with Gasteiger partial charge in [0.1, 0.15) is 10.2 Å². The van der Waals surface area contributed by atoms with Crippen LogP contribution in [0.15, 0.2) is 0 Å². The molecule has 0 atom stereocenters. The lowest BCUT2D eigenvalue weighted by atomic mass is 10.2. The second kappa shape index (κ2) is 6.00. The molecule has 1 aromatic carbocycles. The van der Waals surface area contributed by atoms with Crippen LogP contribution in [0.25, 0.3) is 10.2 Å². The predicted octanol–water partition coefficient (Wildman–Crippen LogP) is 2.66. The van der Waals surface area contributed by atoms with Crippen molar-refractivity contribution >= 4 is 32.4 Å². The maximum atomic E-state index is 11.4. The molecule has 0 spiro atoms. The molecule has 0 aliphatic heterocycles. The van der Waals surface area contributed by atoms with Crippen molar-refractivity contribution in [1.82, 2.24) is 4.98 Å². The molecule has 0 fully saturated rings. The number of nitro benzene ring substituents is 1. The molecule has 1 heterocycles. The van der Waals surface area contributed by atoms with Gasteiger partial charge in [-0.05, 0) is 6.92 Å². The topological polar surface area (TPSA) is 95.8 Å². The lowest BCUT2D eigenvalue weighted by molar-refractivity contribution is -0.383. The summed E-state index contributed by atoms with van der Waals surface area (Å²) in [6, 6.07) is 0. The Bertz CT molecular complexity index is 685. The fraction of sp³-hybridized carbons (Fsp3) is 0.417. The van der Waals surface area contributed by atoms with Crippen molar-refractivity contribution in [2.45, 2.75) is 6.92 Å². The van der Waals surface area contributed by atoms with Gasteiger partial charge in [0, 0.05) is 6.54 Å². The van der Waals surface area contributed by atoms with Crippen LogP contribution in [0, 0.1) is 10.1 Å². The van der Waals surface area contributed by atoms with E-state index in [9.17, 15) is 10.1 Å². The number of thiazole rings is 1. The Balaban J connectivity index is 2.91. The van der Waals surface area contributed by atoms with E-state index < -0.39 is 4.92 Å². The number of nitro groups is 1. The Labute approximate surface area is 124 Å². The third kappa shape index (κ3) is 2.40. The number of hydrogen-bond acceptors (Lipinski definition) is 8. The van der Waals surface area contributed by atoms with Crippen molar-refractivity contribution in [2.75, 3.05) is 33.2 Å². The van der Waals surface area contributed by atoms with E-state index in [2.05, 4.69) is 10.3 Å². The largest absolute Gasteiger partial charge is 0.491 e. The Morgan fingerprint density at radius 2 is 1.81 bits per heavy atom. The summed E-state index contributed by atoms with van der Waals surface area (Å²) in [5.74, 6) is 0.501. The molecule has 8 nitrogen and oxygen atoms in total. The Hall–Kier alpha value is -2.29. The summed E-state index contributed by atoms with van der Waals surface area (Å²) >= 11 is 1.18. The normalized spacial score (nSPS) is 10.5. The quantitative estimate of drug-likeness (QED) is 0.647. The van der Waals surface area contributed by atoms with E-state index in [0.717, 1.165) is 0 Å². The van der Waals surface area contributed by atoms with E-state index >= 15 is 0 Å².